The Hall–Kier alpha value is -2.63. The average Bonchev–Trinajstić information content (AvgIpc) is 3.30. The Morgan fingerprint density at radius 3 is 2.60 bits per heavy atom. The molecule has 30 heavy (non-hydrogen) atoms. The summed E-state index contributed by atoms with van der Waals surface area (Å²) in [4.78, 5) is 16.8. The second-order valence-corrected chi connectivity index (χ2v) is 8.76. The Morgan fingerprint density at radius 2 is 1.90 bits per heavy atom. The first-order valence-electron chi connectivity index (χ1n) is 9.31. The SMILES string of the molecule is Nc1sc(-c2c(F)cccc2F)nc1C(=O)Nc1cnsc1OC1CCC(N)CC1. The Kier molecular flexibility index (Phi) is 5.93. The van der Waals surface area contributed by atoms with E-state index in [0.29, 0.717) is 10.8 Å². The number of amides is 1. The molecule has 1 aromatic carbocycles. The molecule has 2 heterocycles. The van der Waals surface area contributed by atoms with Crippen LogP contribution in [0.5, 0.6) is 5.06 Å². The van der Waals surface area contributed by atoms with Crippen molar-refractivity contribution in [2.75, 3.05) is 11.1 Å². The van der Waals surface area contributed by atoms with Crippen LogP contribution in [0.4, 0.5) is 19.5 Å². The van der Waals surface area contributed by atoms with Crippen LogP contribution in [0.25, 0.3) is 10.6 Å². The molecule has 3 aromatic rings. The van der Waals surface area contributed by atoms with Gasteiger partial charge >= 0.3 is 0 Å². The third-order valence-electron chi connectivity index (χ3n) is 4.82. The minimum Gasteiger partial charge on any atom is -0.478 e. The number of hydrogen-bond donors (Lipinski definition) is 3. The summed E-state index contributed by atoms with van der Waals surface area (Å²) in [5.74, 6) is -2.16. The predicted octanol–water partition coefficient (Wildman–Crippen LogP) is 4.03. The fraction of sp³-hybridized carbons (Fsp3) is 0.316. The van der Waals surface area contributed by atoms with Gasteiger partial charge in [0, 0.05) is 17.6 Å². The van der Waals surface area contributed by atoms with Gasteiger partial charge in [-0.2, -0.15) is 4.37 Å². The van der Waals surface area contributed by atoms with Gasteiger partial charge < -0.3 is 21.5 Å². The number of nitrogens with two attached hydrogens (primary N) is 2. The lowest BCUT2D eigenvalue weighted by atomic mass is 9.94. The van der Waals surface area contributed by atoms with Gasteiger partial charge in [0.2, 0.25) is 5.06 Å². The highest BCUT2D eigenvalue weighted by Crippen LogP contribution is 2.36. The fourth-order valence-corrected chi connectivity index (χ4v) is 4.75. The minimum absolute atomic E-state index is 0.00767. The van der Waals surface area contributed by atoms with Crippen LogP contribution in [0.1, 0.15) is 36.2 Å². The number of carbonyl (C=O) groups is 1. The van der Waals surface area contributed by atoms with Crippen LogP contribution < -0.4 is 21.5 Å². The summed E-state index contributed by atoms with van der Waals surface area (Å²) in [6, 6.07) is 3.69. The zero-order chi connectivity index (χ0) is 21.3. The van der Waals surface area contributed by atoms with E-state index in [4.69, 9.17) is 16.2 Å². The third-order valence-corrected chi connectivity index (χ3v) is 6.42. The Balaban J connectivity index is 1.50. The van der Waals surface area contributed by atoms with Crippen molar-refractivity contribution >= 4 is 39.5 Å². The molecule has 1 amide bonds. The minimum atomic E-state index is -0.777. The number of benzene rings is 1. The summed E-state index contributed by atoms with van der Waals surface area (Å²) >= 11 is 1.96. The molecule has 5 N–H and O–H groups in total. The maximum absolute atomic E-state index is 14.0. The summed E-state index contributed by atoms with van der Waals surface area (Å²) in [5, 5.41) is 3.21. The molecule has 0 spiro atoms. The number of nitrogens with one attached hydrogen (secondary N) is 1. The van der Waals surface area contributed by atoms with Crippen LogP contribution in [0.15, 0.2) is 24.4 Å². The molecule has 11 heteroatoms. The molecule has 1 fully saturated rings. The first-order chi connectivity index (χ1) is 14.4. The molecular weight excluding hydrogens is 432 g/mol. The predicted molar refractivity (Wildman–Crippen MR) is 113 cm³/mol. The second-order valence-electron chi connectivity index (χ2n) is 6.96. The van der Waals surface area contributed by atoms with Gasteiger partial charge in [0.1, 0.15) is 27.3 Å². The van der Waals surface area contributed by atoms with Crippen molar-refractivity contribution in [1.82, 2.24) is 9.36 Å². The molecule has 0 bridgehead atoms. The smallest absolute Gasteiger partial charge is 0.277 e. The van der Waals surface area contributed by atoms with Crippen molar-refractivity contribution in [3.63, 3.8) is 0 Å². The van der Waals surface area contributed by atoms with E-state index in [0.717, 1.165) is 60.7 Å². The largest absolute Gasteiger partial charge is 0.478 e. The highest BCUT2D eigenvalue weighted by atomic mass is 32.1. The lowest BCUT2D eigenvalue weighted by Gasteiger charge is -2.26. The first-order valence-corrected chi connectivity index (χ1v) is 10.9. The highest BCUT2D eigenvalue weighted by Gasteiger charge is 2.25. The van der Waals surface area contributed by atoms with E-state index in [1.807, 2.05) is 0 Å². The van der Waals surface area contributed by atoms with Gasteiger partial charge in [0.25, 0.3) is 5.91 Å². The van der Waals surface area contributed by atoms with E-state index in [9.17, 15) is 13.6 Å². The molecule has 0 unspecified atom stereocenters. The molecule has 0 aliphatic heterocycles. The maximum atomic E-state index is 14.0. The lowest BCUT2D eigenvalue weighted by molar-refractivity contribution is 0.102. The average molecular weight is 452 g/mol. The number of thiazole rings is 1. The summed E-state index contributed by atoms with van der Waals surface area (Å²) in [7, 11) is 0. The number of rotatable bonds is 5. The summed E-state index contributed by atoms with van der Waals surface area (Å²) in [6.07, 6.45) is 4.94. The van der Waals surface area contributed by atoms with Crippen molar-refractivity contribution in [3.05, 3.63) is 41.7 Å². The molecule has 0 radical (unpaired) electrons. The second kappa shape index (κ2) is 8.62. The van der Waals surface area contributed by atoms with Gasteiger partial charge in [-0.3, -0.25) is 4.79 Å². The van der Waals surface area contributed by atoms with Gasteiger partial charge in [-0.05, 0) is 37.8 Å². The Bertz CT molecular complexity index is 1040. The molecule has 2 aromatic heterocycles. The third kappa shape index (κ3) is 4.27. The van der Waals surface area contributed by atoms with E-state index < -0.39 is 17.5 Å². The van der Waals surface area contributed by atoms with E-state index in [1.54, 1.807) is 0 Å². The molecule has 0 atom stereocenters. The first kappa shape index (κ1) is 20.6. The summed E-state index contributed by atoms with van der Waals surface area (Å²) in [5.41, 5.74) is 11.8. The molecule has 0 saturated heterocycles. The zero-order valence-corrected chi connectivity index (χ0v) is 17.4. The van der Waals surface area contributed by atoms with Crippen molar-refractivity contribution in [3.8, 4) is 15.6 Å². The molecule has 7 nitrogen and oxygen atoms in total. The van der Waals surface area contributed by atoms with Crippen molar-refractivity contribution in [1.29, 1.82) is 0 Å². The highest BCUT2D eigenvalue weighted by molar-refractivity contribution is 7.19. The van der Waals surface area contributed by atoms with Gasteiger partial charge in [-0.25, -0.2) is 13.8 Å². The molecule has 1 aliphatic carbocycles. The van der Waals surface area contributed by atoms with Crippen molar-refractivity contribution in [2.24, 2.45) is 5.73 Å². The Labute approximate surface area is 179 Å². The maximum Gasteiger partial charge on any atom is 0.277 e. The standard InChI is InChI=1S/C19H19F2N5O2S2/c20-11-2-1-3-12(21)14(11)18-26-15(16(23)29-18)17(27)25-13-8-24-30-19(13)28-10-6-4-9(22)5-7-10/h1-3,8-10H,4-7,22-23H2,(H,25,27). The number of nitrogens with zero attached hydrogens (tertiary/aromatic N) is 2. The van der Waals surface area contributed by atoms with Crippen LogP contribution in [-0.4, -0.2) is 27.4 Å². The Morgan fingerprint density at radius 1 is 1.20 bits per heavy atom. The topological polar surface area (TPSA) is 116 Å². The summed E-state index contributed by atoms with van der Waals surface area (Å²) in [6.45, 7) is 0. The molecule has 1 aliphatic rings. The fourth-order valence-electron chi connectivity index (χ4n) is 3.24. The van der Waals surface area contributed by atoms with Gasteiger partial charge in [-0.15, -0.1) is 0 Å². The quantitative estimate of drug-likeness (QED) is 0.539. The normalized spacial score (nSPS) is 18.9. The van der Waals surface area contributed by atoms with Gasteiger partial charge in [-0.1, -0.05) is 17.4 Å². The molecule has 1 saturated carbocycles. The van der Waals surface area contributed by atoms with Crippen LogP contribution in [0, 0.1) is 11.6 Å². The number of halogens is 2. The monoisotopic (exact) mass is 451 g/mol. The van der Waals surface area contributed by atoms with Gasteiger partial charge in [0.15, 0.2) is 5.69 Å². The van der Waals surface area contributed by atoms with Crippen LogP contribution >= 0.6 is 22.9 Å². The molecule has 158 valence electrons. The van der Waals surface area contributed by atoms with Crippen LogP contribution in [0.3, 0.4) is 0 Å². The number of nitrogen functional groups attached to an aromatic ring is 1. The number of carbonyl (C=O) groups excluding carboxylic acids is 1. The van der Waals surface area contributed by atoms with Gasteiger partial charge in [0.05, 0.1) is 17.9 Å². The van der Waals surface area contributed by atoms with E-state index in [-0.39, 0.29) is 33.4 Å². The van der Waals surface area contributed by atoms with E-state index in [1.165, 1.54) is 12.3 Å². The van der Waals surface area contributed by atoms with Crippen LogP contribution in [0.2, 0.25) is 0 Å². The molecule has 4 rings (SSSR count). The summed E-state index contributed by atoms with van der Waals surface area (Å²) < 4.78 is 38.1. The van der Waals surface area contributed by atoms with Crippen molar-refractivity contribution in [2.45, 2.75) is 37.8 Å². The molecular formula is C19H19F2N5O2S2. The van der Waals surface area contributed by atoms with Crippen LogP contribution in [-0.2, 0) is 0 Å². The number of anilines is 2. The lowest BCUT2D eigenvalue weighted by Crippen LogP contribution is -2.31. The zero-order valence-electron chi connectivity index (χ0n) is 15.7. The van der Waals surface area contributed by atoms with E-state index >= 15 is 0 Å². The van der Waals surface area contributed by atoms with E-state index in [2.05, 4.69) is 14.7 Å². The number of aromatic nitrogens is 2. The van der Waals surface area contributed by atoms with Crippen molar-refractivity contribution < 1.29 is 18.3 Å². The number of hydrogen-bond acceptors (Lipinski definition) is 8. The number of ether oxygens (including phenoxy) is 1.